The minimum Gasteiger partial charge on any atom is -0.508 e. The lowest BCUT2D eigenvalue weighted by atomic mass is 10.0. The van der Waals surface area contributed by atoms with E-state index in [1.807, 2.05) is 0 Å². The molecule has 108 valence electrons. The molecule has 1 unspecified atom stereocenters. The van der Waals surface area contributed by atoms with Gasteiger partial charge in [0.15, 0.2) is 0 Å². The normalized spacial score (nSPS) is 23.6. The van der Waals surface area contributed by atoms with Crippen LogP contribution in [0.15, 0.2) is 24.3 Å². The number of rotatable bonds is 4. The molecule has 1 aliphatic heterocycles. The highest BCUT2D eigenvalue weighted by atomic mass is 16.3. The largest absolute Gasteiger partial charge is 0.508 e. The highest BCUT2D eigenvalue weighted by molar-refractivity contribution is 5.85. The van der Waals surface area contributed by atoms with Gasteiger partial charge in [-0.3, -0.25) is 4.79 Å². The van der Waals surface area contributed by atoms with E-state index in [1.165, 1.54) is 17.0 Å². The van der Waals surface area contributed by atoms with Gasteiger partial charge in [0.1, 0.15) is 18.1 Å². The number of carbonyl (C=O) groups excluding carboxylic acids is 2. The van der Waals surface area contributed by atoms with Crippen LogP contribution in [0.2, 0.25) is 0 Å². The number of hydrogen-bond donors (Lipinski definition) is 3. The first-order chi connectivity index (χ1) is 9.52. The van der Waals surface area contributed by atoms with Gasteiger partial charge in [0, 0.05) is 6.54 Å². The molecular weight excluding hydrogens is 260 g/mol. The van der Waals surface area contributed by atoms with E-state index in [2.05, 4.69) is 0 Å². The summed E-state index contributed by atoms with van der Waals surface area (Å²) in [6.45, 7) is 0.340. The fourth-order valence-corrected chi connectivity index (χ4v) is 2.41. The molecule has 6 heteroatoms. The number of aliphatic hydroxyl groups excluding tert-OH is 1. The molecule has 1 amide bonds. The molecule has 0 radical (unpaired) electrons. The maximum absolute atomic E-state index is 12.2. The molecule has 0 bridgehead atoms. The van der Waals surface area contributed by atoms with Crippen LogP contribution in [-0.4, -0.2) is 52.0 Å². The van der Waals surface area contributed by atoms with Crippen LogP contribution in [0.4, 0.5) is 0 Å². The SMILES string of the molecule is N[C@@H](Cc1ccc(O)cc1)C(=O)N1CCC(O)[C@H]1C=O. The van der Waals surface area contributed by atoms with Crippen molar-refractivity contribution in [3.63, 3.8) is 0 Å². The Kier molecular flexibility index (Phi) is 4.36. The van der Waals surface area contributed by atoms with E-state index in [9.17, 15) is 19.8 Å². The summed E-state index contributed by atoms with van der Waals surface area (Å²) in [7, 11) is 0. The van der Waals surface area contributed by atoms with Crippen LogP contribution < -0.4 is 5.73 Å². The summed E-state index contributed by atoms with van der Waals surface area (Å²) in [5.74, 6) is -0.191. The lowest BCUT2D eigenvalue weighted by molar-refractivity contribution is -0.137. The highest BCUT2D eigenvalue weighted by Crippen LogP contribution is 2.18. The van der Waals surface area contributed by atoms with Gasteiger partial charge in [0.25, 0.3) is 0 Å². The van der Waals surface area contributed by atoms with Crippen molar-refractivity contribution in [3.8, 4) is 5.75 Å². The first-order valence-corrected chi connectivity index (χ1v) is 6.50. The van der Waals surface area contributed by atoms with Crippen molar-refractivity contribution in [2.45, 2.75) is 31.0 Å². The third kappa shape index (κ3) is 2.97. The number of nitrogens with zero attached hydrogens (tertiary/aromatic N) is 1. The number of phenols is 1. The van der Waals surface area contributed by atoms with E-state index in [1.54, 1.807) is 12.1 Å². The zero-order chi connectivity index (χ0) is 14.7. The second-order valence-corrected chi connectivity index (χ2v) is 4.99. The van der Waals surface area contributed by atoms with Crippen LogP contribution in [0.3, 0.4) is 0 Å². The van der Waals surface area contributed by atoms with Gasteiger partial charge in [-0.25, -0.2) is 0 Å². The first-order valence-electron chi connectivity index (χ1n) is 6.50. The minimum atomic E-state index is -0.808. The zero-order valence-corrected chi connectivity index (χ0v) is 11.0. The van der Waals surface area contributed by atoms with Gasteiger partial charge in [0.2, 0.25) is 5.91 Å². The van der Waals surface area contributed by atoms with Crippen molar-refractivity contribution in [1.82, 2.24) is 4.90 Å². The first kappa shape index (κ1) is 14.5. The standard InChI is InChI=1S/C14H18N2O4/c15-11(7-9-1-3-10(18)4-2-9)14(20)16-6-5-13(19)12(16)8-17/h1-4,8,11-13,18-19H,5-7,15H2/t11-,12+,13?/m0/s1. The zero-order valence-electron chi connectivity index (χ0n) is 11.0. The Balaban J connectivity index is 2.01. The number of aliphatic hydroxyl groups is 1. The van der Waals surface area contributed by atoms with Crippen molar-refractivity contribution in [2.75, 3.05) is 6.54 Å². The molecule has 1 aromatic carbocycles. The fourth-order valence-electron chi connectivity index (χ4n) is 2.41. The predicted molar refractivity (Wildman–Crippen MR) is 72.0 cm³/mol. The Labute approximate surface area is 116 Å². The number of benzene rings is 1. The molecule has 1 saturated heterocycles. The van der Waals surface area contributed by atoms with Crippen LogP contribution in [0.25, 0.3) is 0 Å². The molecule has 1 aliphatic rings. The molecule has 0 spiro atoms. The maximum atomic E-state index is 12.2. The minimum absolute atomic E-state index is 0.150. The number of aldehydes is 1. The Bertz CT molecular complexity index is 488. The molecule has 0 aliphatic carbocycles. The molecule has 1 fully saturated rings. The van der Waals surface area contributed by atoms with Crippen molar-refractivity contribution in [2.24, 2.45) is 5.73 Å². The molecule has 20 heavy (non-hydrogen) atoms. The van der Waals surface area contributed by atoms with E-state index in [-0.39, 0.29) is 11.7 Å². The van der Waals surface area contributed by atoms with Crippen LogP contribution in [-0.2, 0) is 16.0 Å². The smallest absolute Gasteiger partial charge is 0.240 e. The summed E-state index contributed by atoms with van der Waals surface area (Å²) < 4.78 is 0. The molecule has 0 aromatic heterocycles. The number of aromatic hydroxyl groups is 1. The summed E-state index contributed by atoms with van der Waals surface area (Å²) in [4.78, 5) is 24.5. The van der Waals surface area contributed by atoms with Crippen LogP contribution >= 0.6 is 0 Å². The highest BCUT2D eigenvalue weighted by Gasteiger charge is 2.37. The number of carbonyl (C=O) groups is 2. The monoisotopic (exact) mass is 278 g/mol. The van der Waals surface area contributed by atoms with E-state index in [4.69, 9.17) is 5.73 Å². The fraction of sp³-hybridized carbons (Fsp3) is 0.429. The van der Waals surface area contributed by atoms with E-state index in [0.29, 0.717) is 25.7 Å². The molecule has 6 nitrogen and oxygen atoms in total. The van der Waals surface area contributed by atoms with Gasteiger partial charge in [-0.15, -0.1) is 0 Å². The van der Waals surface area contributed by atoms with Crippen LogP contribution in [0.5, 0.6) is 5.75 Å². The van der Waals surface area contributed by atoms with Crippen molar-refractivity contribution in [1.29, 1.82) is 0 Å². The van der Waals surface area contributed by atoms with Gasteiger partial charge in [-0.1, -0.05) is 12.1 Å². The summed E-state index contributed by atoms with van der Waals surface area (Å²) in [6, 6.07) is 4.87. The third-order valence-corrected chi connectivity index (χ3v) is 3.55. The summed E-state index contributed by atoms with van der Waals surface area (Å²) >= 11 is 0. The Hall–Kier alpha value is -1.92. The van der Waals surface area contributed by atoms with Gasteiger partial charge >= 0.3 is 0 Å². The molecular formula is C14H18N2O4. The Morgan fingerprint density at radius 2 is 2.10 bits per heavy atom. The molecule has 0 saturated carbocycles. The number of nitrogens with two attached hydrogens (primary N) is 1. The third-order valence-electron chi connectivity index (χ3n) is 3.55. The molecule has 4 N–H and O–H groups in total. The van der Waals surface area contributed by atoms with Gasteiger partial charge in [0.05, 0.1) is 12.1 Å². The van der Waals surface area contributed by atoms with Gasteiger partial charge in [-0.05, 0) is 30.5 Å². The number of phenolic OH excluding ortho intramolecular Hbond substituents is 1. The van der Waals surface area contributed by atoms with Crippen molar-refractivity contribution >= 4 is 12.2 Å². The lowest BCUT2D eigenvalue weighted by Crippen LogP contribution is -2.49. The quantitative estimate of drug-likeness (QED) is 0.639. The molecule has 1 heterocycles. The van der Waals surface area contributed by atoms with E-state index >= 15 is 0 Å². The topological polar surface area (TPSA) is 104 Å². The number of amides is 1. The summed E-state index contributed by atoms with van der Waals surface area (Å²) in [5, 5.41) is 18.8. The number of hydrogen-bond acceptors (Lipinski definition) is 5. The molecule has 2 rings (SSSR count). The predicted octanol–water partition coefficient (Wildman–Crippen LogP) is -0.577. The van der Waals surface area contributed by atoms with Crippen LogP contribution in [0, 0.1) is 0 Å². The second-order valence-electron chi connectivity index (χ2n) is 4.99. The summed E-state index contributed by atoms with van der Waals surface area (Å²) in [6.07, 6.45) is 0.485. The molecule has 3 atom stereocenters. The average molecular weight is 278 g/mol. The van der Waals surface area contributed by atoms with Crippen LogP contribution in [0.1, 0.15) is 12.0 Å². The number of likely N-dealkylation sites (tertiary alicyclic amines) is 1. The second kappa shape index (κ2) is 6.02. The Morgan fingerprint density at radius 3 is 2.70 bits per heavy atom. The van der Waals surface area contributed by atoms with Gasteiger partial charge in [-0.2, -0.15) is 0 Å². The summed E-state index contributed by atoms with van der Waals surface area (Å²) in [5.41, 5.74) is 6.70. The van der Waals surface area contributed by atoms with Gasteiger partial charge < -0.3 is 25.6 Å². The van der Waals surface area contributed by atoms with Crippen molar-refractivity contribution in [3.05, 3.63) is 29.8 Å². The van der Waals surface area contributed by atoms with E-state index in [0.717, 1.165) is 5.56 Å². The Morgan fingerprint density at radius 1 is 1.45 bits per heavy atom. The average Bonchev–Trinajstić information content (AvgIpc) is 2.81. The lowest BCUT2D eigenvalue weighted by Gasteiger charge is -2.25. The molecule has 1 aromatic rings. The maximum Gasteiger partial charge on any atom is 0.240 e. The van der Waals surface area contributed by atoms with E-state index < -0.39 is 18.2 Å². The van der Waals surface area contributed by atoms with Crippen molar-refractivity contribution < 1.29 is 19.8 Å².